The molecule has 130 valence electrons. The van der Waals surface area contributed by atoms with Crippen molar-refractivity contribution in [2.45, 2.75) is 26.3 Å². The predicted molar refractivity (Wildman–Crippen MR) is 103 cm³/mol. The van der Waals surface area contributed by atoms with Gasteiger partial charge in [-0.25, -0.2) is 4.39 Å². The maximum absolute atomic E-state index is 13.5. The van der Waals surface area contributed by atoms with Crippen LogP contribution in [0.25, 0.3) is 0 Å². The lowest BCUT2D eigenvalue weighted by Gasteiger charge is -2.22. The van der Waals surface area contributed by atoms with Gasteiger partial charge in [0.05, 0.1) is 6.61 Å². The molecule has 0 unspecified atom stereocenters. The van der Waals surface area contributed by atoms with Crippen LogP contribution in [0.4, 0.5) is 4.39 Å². The van der Waals surface area contributed by atoms with Gasteiger partial charge in [0.25, 0.3) is 0 Å². The van der Waals surface area contributed by atoms with E-state index in [1.54, 1.807) is 26.1 Å². The average molecular weight is 435 g/mol. The highest BCUT2D eigenvalue weighted by Gasteiger charge is 2.21. The molecule has 2 rings (SSSR count). The van der Waals surface area contributed by atoms with E-state index >= 15 is 0 Å². The molecule has 23 heavy (non-hydrogen) atoms. The lowest BCUT2D eigenvalue weighted by atomic mass is 10.1. The second kappa shape index (κ2) is 10.1. The Hall–Kier alpha value is -0.890. The fraction of sp³-hybridized carbons (Fsp3) is 0.588. The van der Waals surface area contributed by atoms with Gasteiger partial charge in [-0.05, 0) is 42.9 Å². The van der Waals surface area contributed by atoms with Crippen LogP contribution < -0.4 is 5.32 Å². The highest BCUT2D eigenvalue weighted by atomic mass is 127. The van der Waals surface area contributed by atoms with Gasteiger partial charge in [-0.2, -0.15) is 0 Å². The molecule has 4 nitrogen and oxygen atoms in total. The van der Waals surface area contributed by atoms with E-state index in [2.05, 4.69) is 10.3 Å². The molecule has 0 heterocycles. The van der Waals surface area contributed by atoms with Crippen LogP contribution in [0.15, 0.2) is 23.2 Å². The Morgan fingerprint density at radius 2 is 2.17 bits per heavy atom. The van der Waals surface area contributed by atoms with Gasteiger partial charge in [-0.1, -0.05) is 12.1 Å². The Morgan fingerprint density at radius 3 is 2.78 bits per heavy atom. The molecular formula is C17H27FIN3O. The van der Waals surface area contributed by atoms with Gasteiger partial charge in [-0.15, -0.1) is 24.0 Å². The molecule has 1 fully saturated rings. The summed E-state index contributed by atoms with van der Waals surface area (Å²) in [6.45, 7) is 4.68. The third-order valence-electron chi connectivity index (χ3n) is 3.88. The van der Waals surface area contributed by atoms with E-state index in [1.807, 2.05) is 18.0 Å². The lowest BCUT2D eigenvalue weighted by molar-refractivity contribution is 0.115. The molecule has 0 aromatic heterocycles. The summed E-state index contributed by atoms with van der Waals surface area (Å²) in [6, 6.07) is 5.29. The van der Waals surface area contributed by atoms with Crippen LogP contribution in [0, 0.1) is 18.7 Å². The number of guanidine groups is 1. The van der Waals surface area contributed by atoms with Crippen molar-refractivity contribution in [3.8, 4) is 0 Å². The van der Waals surface area contributed by atoms with E-state index in [-0.39, 0.29) is 29.8 Å². The zero-order valence-electron chi connectivity index (χ0n) is 14.1. The summed E-state index contributed by atoms with van der Waals surface area (Å²) >= 11 is 0. The Kier molecular flexibility index (Phi) is 8.83. The molecule has 0 bridgehead atoms. The van der Waals surface area contributed by atoms with Crippen molar-refractivity contribution in [2.24, 2.45) is 10.9 Å². The summed E-state index contributed by atoms with van der Waals surface area (Å²) in [4.78, 5) is 6.28. The Balaban J connectivity index is 0.00000264. The summed E-state index contributed by atoms with van der Waals surface area (Å²) < 4.78 is 19.2. The highest BCUT2D eigenvalue weighted by Crippen LogP contribution is 2.28. The average Bonchev–Trinajstić information content (AvgIpc) is 3.32. The van der Waals surface area contributed by atoms with Crippen molar-refractivity contribution in [3.05, 3.63) is 35.1 Å². The lowest BCUT2D eigenvalue weighted by Crippen LogP contribution is -2.40. The molecule has 0 saturated heterocycles. The van der Waals surface area contributed by atoms with Crippen molar-refractivity contribution in [1.82, 2.24) is 10.2 Å². The SMILES string of the molecule is CN=C(NCc1ccc(C)c(F)c1)N(C)CCOCC1CC1.I. The number of nitrogens with one attached hydrogen (secondary N) is 1. The first-order chi connectivity index (χ1) is 10.6. The Bertz CT molecular complexity index is 521. The molecule has 0 atom stereocenters. The monoisotopic (exact) mass is 435 g/mol. The topological polar surface area (TPSA) is 36.9 Å². The van der Waals surface area contributed by atoms with Crippen molar-refractivity contribution < 1.29 is 9.13 Å². The molecule has 1 aliphatic rings. The summed E-state index contributed by atoms with van der Waals surface area (Å²) in [6.07, 6.45) is 2.62. The third-order valence-corrected chi connectivity index (χ3v) is 3.88. The maximum Gasteiger partial charge on any atom is 0.193 e. The first-order valence-electron chi connectivity index (χ1n) is 7.84. The second-order valence-electron chi connectivity index (χ2n) is 5.92. The first-order valence-corrected chi connectivity index (χ1v) is 7.84. The molecular weight excluding hydrogens is 408 g/mol. The number of likely N-dealkylation sites (N-methyl/N-ethyl adjacent to an activating group) is 1. The van der Waals surface area contributed by atoms with Gasteiger partial charge in [0, 0.05) is 33.8 Å². The zero-order chi connectivity index (χ0) is 15.9. The van der Waals surface area contributed by atoms with Gasteiger partial charge in [-0.3, -0.25) is 4.99 Å². The van der Waals surface area contributed by atoms with Gasteiger partial charge >= 0.3 is 0 Å². The van der Waals surface area contributed by atoms with Crippen LogP contribution in [0.2, 0.25) is 0 Å². The van der Waals surface area contributed by atoms with E-state index < -0.39 is 0 Å². The van der Waals surface area contributed by atoms with Gasteiger partial charge in [0.2, 0.25) is 0 Å². The van der Waals surface area contributed by atoms with E-state index in [0.717, 1.165) is 30.6 Å². The third kappa shape index (κ3) is 7.03. The van der Waals surface area contributed by atoms with Crippen molar-refractivity contribution in [2.75, 3.05) is 33.9 Å². The van der Waals surface area contributed by atoms with E-state index in [0.29, 0.717) is 18.7 Å². The number of nitrogens with zero attached hydrogens (tertiary/aromatic N) is 2. The van der Waals surface area contributed by atoms with Crippen LogP contribution >= 0.6 is 24.0 Å². The van der Waals surface area contributed by atoms with E-state index in [9.17, 15) is 4.39 Å². The molecule has 6 heteroatoms. The van der Waals surface area contributed by atoms with Crippen molar-refractivity contribution in [1.29, 1.82) is 0 Å². The Morgan fingerprint density at radius 1 is 1.43 bits per heavy atom. The van der Waals surface area contributed by atoms with E-state index in [4.69, 9.17) is 4.74 Å². The fourth-order valence-corrected chi connectivity index (χ4v) is 2.15. The number of benzene rings is 1. The number of aliphatic imine (C=N–C) groups is 1. The molecule has 1 aliphatic carbocycles. The van der Waals surface area contributed by atoms with Crippen LogP contribution in [-0.4, -0.2) is 44.7 Å². The van der Waals surface area contributed by atoms with Gasteiger partial charge in [0.15, 0.2) is 5.96 Å². The smallest absolute Gasteiger partial charge is 0.193 e. The molecule has 0 amide bonds. The highest BCUT2D eigenvalue weighted by molar-refractivity contribution is 14.0. The van der Waals surface area contributed by atoms with Crippen molar-refractivity contribution in [3.63, 3.8) is 0 Å². The molecule has 0 radical (unpaired) electrons. The minimum absolute atomic E-state index is 0. The molecule has 1 saturated carbocycles. The normalized spacial score (nSPS) is 14.3. The molecule has 0 aliphatic heterocycles. The van der Waals surface area contributed by atoms with Gasteiger partial charge in [0.1, 0.15) is 5.82 Å². The summed E-state index contributed by atoms with van der Waals surface area (Å²) in [5.74, 6) is 1.41. The number of rotatable bonds is 7. The van der Waals surface area contributed by atoms with E-state index in [1.165, 1.54) is 12.8 Å². The standard InChI is InChI=1S/C17H26FN3O.HI/c1-13-4-5-15(10-16(13)18)11-20-17(19-2)21(3)8-9-22-12-14-6-7-14;/h4-5,10,14H,6-9,11-12H2,1-3H3,(H,19,20);1H. The quantitative estimate of drug-likeness (QED) is 0.310. The number of hydrogen-bond donors (Lipinski definition) is 1. The molecule has 0 spiro atoms. The predicted octanol–water partition coefficient (Wildman–Crippen LogP) is 3.19. The Labute approximate surface area is 155 Å². The van der Waals surface area contributed by atoms with Crippen molar-refractivity contribution >= 4 is 29.9 Å². The number of aryl methyl sites for hydroxylation is 1. The first kappa shape index (κ1) is 20.2. The summed E-state index contributed by atoms with van der Waals surface area (Å²) in [7, 11) is 3.73. The van der Waals surface area contributed by atoms with Crippen LogP contribution in [-0.2, 0) is 11.3 Å². The fourth-order valence-electron chi connectivity index (χ4n) is 2.15. The molecule has 1 aromatic rings. The second-order valence-corrected chi connectivity index (χ2v) is 5.92. The summed E-state index contributed by atoms with van der Waals surface area (Å²) in [5.41, 5.74) is 1.57. The number of halogens is 2. The largest absolute Gasteiger partial charge is 0.379 e. The minimum Gasteiger partial charge on any atom is -0.379 e. The number of hydrogen-bond acceptors (Lipinski definition) is 2. The molecule has 1 N–H and O–H groups in total. The zero-order valence-corrected chi connectivity index (χ0v) is 16.5. The minimum atomic E-state index is -0.170. The van der Waals surface area contributed by atoms with Gasteiger partial charge < -0.3 is 15.0 Å². The van der Waals surface area contributed by atoms with Crippen LogP contribution in [0.3, 0.4) is 0 Å². The maximum atomic E-state index is 13.5. The molecule has 1 aromatic carbocycles. The summed E-state index contributed by atoms with van der Waals surface area (Å²) in [5, 5.41) is 3.25. The van der Waals surface area contributed by atoms with Crippen LogP contribution in [0.1, 0.15) is 24.0 Å². The van der Waals surface area contributed by atoms with Crippen LogP contribution in [0.5, 0.6) is 0 Å². The number of ether oxygens (including phenoxy) is 1.